The molecule has 0 bridgehead atoms. The van der Waals surface area contributed by atoms with Crippen LogP contribution in [-0.2, 0) is 0 Å². The summed E-state index contributed by atoms with van der Waals surface area (Å²) in [7, 11) is 0. The Kier molecular flexibility index (Phi) is 4.95. The van der Waals surface area contributed by atoms with Crippen LogP contribution in [0.5, 0.6) is 5.75 Å². The molecule has 1 N–H and O–H groups in total. The molecule has 5 nitrogen and oxygen atoms in total. The van der Waals surface area contributed by atoms with Crippen LogP contribution in [0.2, 0.25) is 5.02 Å². The van der Waals surface area contributed by atoms with Gasteiger partial charge in [-0.25, -0.2) is 0 Å². The van der Waals surface area contributed by atoms with Gasteiger partial charge in [-0.3, -0.25) is 4.79 Å². The van der Waals surface area contributed by atoms with Crippen LogP contribution in [0, 0.1) is 0 Å². The number of alkyl halides is 2. The predicted molar refractivity (Wildman–Crippen MR) is 88.0 cm³/mol. The van der Waals surface area contributed by atoms with E-state index in [9.17, 15) is 13.6 Å². The van der Waals surface area contributed by atoms with Gasteiger partial charge in [0.15, 0.2) is 11.5 Å². The molecule has 8 heteroatoms. The van der Waals surface area contributed by atoms with Crippen LogP contribution in [-0.4, -0.2) is 17.7 Å². The van der Waals surface area contributed by atoms with Gasteiger partial charge in [0.25, 0.3) is 5.91 Å². The highest BCUT2D eigenvalue weighted by Crippen LogP contribution is 2.24. The molecule has 1 amide bonds. The minimum absolute atomic E-state index is 0.00215. The van der Waals surface area contributed by atoms with Gasteiger partial charge in [-0.15, -0.1) is 0 Å². The van der Waals surface area contributed by atoms with Crippen molar-refractivity contribution in [2.75, 3.05) is 5.32 Å². The van der Waals surface area contributed by atoms with Crippen LogP contribution >= 0.6 is 11.6 Å². The molecule has 25 heavy (non-hydrogen) atoms. The van der Waals surface area contributed by atoms with Crippen molar-refractivity contribution < 1.29 is 22.8 Å². The molecule has 0 spiro atoms. The van der Waals surface area contributed by atoms with Gasteiger partial charge < -0.3 is 14.6 Å². The van der Waals surface area contributed by atoms with Gasteiger partial charge in [-0.1, -0.05) is 28.9 Å². The van der Waals surface area contributed by atoms with Crippen molar-refractivity contribution in [2.24, 2.45) is 0 Å². The van der Waals surface area contributed by atoms with E-state index in [1.807, 2.05) is 0 Å². The van der Waals surface area contributed by atoms with Crippen LogP contribution in [0.25, 0.3) is 11.3 Å². The molecule has 0 unspecified atom stereocenters. The van der Waals surface area contributed by atoms with E-state index in [1.165, 1.54) is 30.3 Å². The number of halogens is 3. The summed E-state index contributed by atoms with van der Waals surface area (Å²) in [5.74, 6) is -0.106. The molecule has 0 fully saturated rings. The van der Waals surface area contributed by atoms with Gasteiger partial charge in [0.05, 0.1) is 0 Å². The summed E-state index contributed by atoms with van der Waals surface area (Å²) in [6.07, 6.45) is 0. The second kappa shape index (κ2) is 7.31. The lowest BCUT2D eigenvalue weighted by molar-refractivity contribution is -0.0498. The Morgan fingerprint density at radius 2 is 1.92 bits per heavy atom. The van der Waals surface area contributed by atoms with E-state index in [4.69, 9.17) is 16.1 Å². The Morgan fingerprint density at radius 1 is 1.16 bits per heavy atom. The lowest BCUT2D eigenvalue weighted by atomic mass is 10.1. The van der Waals surface area contributed by atoms with Gasteiger partial charge >= 0.3 is 6.61 Å². The summed E-state index contributed by atoms with van der Waals surface area (Å²) < 4.78 is 33.6. The lowest BCUT2D eigenvalue weighted by Crippen LogP contribution is -2.12. The smallest absolute Gasteiger partial charge is 0.387 e. The van der Waals surface area contributed by atoms with Gasteiger partial charge in [0, 0.05) is 22.3 Å². The number of amides is 1. The summed E-state index contributed by atoms with van der Waals surface area (Å²) in [4.78, 5) is 12.2. The number of hydrogen-bond donors (Lipinski definition) is 1. The van der Waals surface area contributed by atoms with Crippen molar-refractivity contribution >= 4 is 23.2 Å². The average Bonchev–Trinajstić information content (AvgIpc) is 3.06. The molecule has 1 heterocycles. The molecule has 2 aromatic carbocycles. The fourth-order valence-electron chi connectivity index (χ4n) is 2.07. The molecule has 1 aromatic heterocycles. The fraction of sp³-hybridized carbons (Fsp3) is 0.0588. The number of nitrogens with zero attached hydrogens (tertiary/aromatic N) is 1. The molecule has 128 valence electrons. The topological polar surface area (TPSA) is 64.4 Å². The number of hydrogen-bond acceptors (Lipinski definition) is 4. The Balaban J connectivity index is 1.69. The molecule has 0 aliphatic rings. The van der Waals surface area contributed by atoms with Gasteiger partial charge in [0.1, 0.15) is 5.75 Å². The maximum Gasteiger partial charge on any atom is 0.387 e. The third-order valence-electron chi connectivity index (χ3n) is 3.19. The monoisotopic (exact) mass is 364 g/mol. The number of anilines is 1. The summed E-state index contributed by atoms with van der Waals surface area (Å²) in [6.45, 7) is -2.90. The Morgan fingerprint density at radius 3 is 2.60 bits per heavy atom. The van der Waals surface area contributed by atoms with Crippen LogP contribution in [0.15, 0.2) is 59.1 Å². The number of rotatable bonds is 5. The first-order chi connectivity index (χ1) is 12.0. The fourth-order valence-corrected chi connectivity index (χ4v) is 2.27. The number of nitrogens with one attached hydrogen (secondary N) is 1. The first-order valence-electron chi connectivity index (χ1n) is 7.10. The minimum Gasteiger partial charge on any atom is -0.435 e. The van der Waals surface area contributed by atoms with Crippen molar-refractivity contribution in [3.63, 3.8) is 0 Å². The van der Waals surface area contributed by atoms with Crippen LogP contribution in [0.1, 0.15) is 10.5 Å². The Bertz CT molecular complexity index is 882. The third-order valence-corrected chi connectivity index (χ3v) is 3.42. The molecule has 0 saturated heterocycles. The molecule has 0 aliphatic carbocycles. The quantitative estimate of drug-likeness (QED) is 0.703. The molecular formula is C17H11ClF2N2O3. The van der Waals surface area contributed by atoms with Gasteiger partial charge in [-0.05, 0) is 36.4 Å². The average molecular weight is 365 g/mol. The predicted octanol–water partition coefficient (Wildman–Crippen LogP) is 4.85. The third kappa shape index (κ3) is 4.33. The lowest BCUT2D eigenvalue weighted by Gasteiger charge is -2.06. The van der Waals surface area contributed by atoms with Gasteiger partial charge in [-0.2, -0.15) is 8.78 Å². The van der Waals surface area contributed by atoms with E-state index >= 15 is 0 Å². The summed E-state index contributed by atoms with van der Waals surface area (Å²) in [6, 6.07) is 13.9. The van der Waals surface area contributed by atoms with E-state index in [0.717, 1.165) is 0 Å². The van der Waals surface area contributed by atoms with E-state index in [-0.39, 0.29) is 11.4 Å². The van der Waals surface area contributed by atoms with Crippen molar-refractivity contribution in [2.45, 2.75) is 6.61 Å². The van der Waals surface area contributed by atoms with E-state index < -0.39 is 12.5 Å². The number of benzene rings is 2. The summed E-state index contributed by atoms with van der Waals surface area (Å²) in [5.41, 5.74) is 1.16. The standard InChI is InChI=1S/C17H11ClF2N2O3/c18-11-3-1-2-10(8-11)15-9-14(22-25-15)16(23)21-12-4-6-13(7-5-12)24-17(19)20/h1-9,17H,(H,21,23). The first kappa shape index (κ1) is 16.9. The van der Waals surface area contributed by atoms with Crippen molar-refractivity contribution in [1.82, 2.24) is 5.16 Å². The number of ether oxygens (including phenoxy) is 1. The van der Waals surface area contributed by atoms with E-state index in [0.29, 0.717) is 22.0 Å². The van der Waals surface area contributed by atoms with Crippen LogP contribution < -0.4 is 10.1 Å². The van der Waals surface area contributed by atoms with Crippen molar-refractivity contribution in [3.05, 3.63) is 65.3 Å². The Hall–Kier alpha value is -2.93. The molecule has 0 radical (unpaired) electrons. The highest BCUT2D eigenvalue weighted by Gasteiger charge is 2.14. The second-order valence-electron chi connectivity index (χ2n) is 4.94. The highest BCUT2D eigenvalue weighted by molar-refractivity contribution is 6.30. The van der Waals surface area contributed by atoms with Crippen LogP contribution in [0.3, 0.4) is 0 Å². The SMILES string of the molecule is O=C(Nc1ccc(OC(F)F)cc1)c1cc(-c2cccc(Cl)c2)on1. The summed E-state index contributed by atoms with van der Waals surface area (Å²) in [5, 5.41) is 6.84. The normalized spacial score (nSPS) is 10.7. The van der Waals surface area contributed by atoms with Crippen LogP contribution in [0.4, 0.5) is 14.5 Å². The number of aromatic nitrogens is 1. The van der Waals surface area contributed by atoms with Crippen molar-refractivity contribution in [3.8, 4) is 17.1 Å². The largest absolute Gasteiger partial charge is 0.435 e. The zero-order chi connectivity index (χ0) is 17.8. The maximum absolute atomic E-state index is 12.2. The second-order valence-corrected chi connectivity index (χ2v) is 5.38. The maximum atomic E-state index is 12.2. The minimum atomic E-state index is -2.90. The molecule has 0 atom stereocenters. The first-order valence-corrected chi connectivity index (χ1v) is 7.48. The highest BCUT2D eigenvalue weighted by atomic mass is 35.5. The number of carbonyl (C=O) groups excluding carboxylic acids is 1. The molecule has 3 rings (SSSR count). The van der Waals surface area contributed by atoms with E-state index in [1.54, 1.807) is 24.3 Å². The molecule has 0 aliphatic heterocycles. The Labute approximate surface area is 146 Å². The van der Waals surface area contributed by atoms with E-state index in [2.05, 4.69) is 15.2 Å². The zero-order valence-corrected chi connectivity index (χ0v) is 13.3. The molecule has 0 saturated carbocycles. The summed E-state index contributed by atoms with van der Waals surface area (Å²) >= 11 is 5.92. The van der Waals surface area contributed by atoms with Crippen molar-refractivity contribution in [1.29, 1.82) is 0 Å². The zero-order valence-electron chi connectivity index (χ0n) is 12.6. The molecular weight excluding hydrogens is 354 g/mol. The molecule has 3 aromatic rings. The van der Waals surface area contributed by atoms with Gasteiger partial charge in [0.2, 0.25) is 0 Å². The number of carbonyl (C=O) groups is 1.